The second-order valence-corrected chi connectivity index (χ2v) is 4.52. The predicted molar refractivity (Wildman–Crippen MR) is 48.1 cm³/mol. The van der Waals surface area contributed by atoms with Crippen molar-refractivity contribution < 1.29 is 59.3 Å². The number of hydrogen-bond acceptors (Lipinski definition) is 5. The topological polar surface area (TPSA) is 66.4 Å². The summed E-state index contributed by atoms with van der Waals surface area (Å²) in [7, 11) is -5.04. The van der Waals surface area contributed by atoms with Crippen LogP contribution in [0.5, 0.6) is 0 Å². The summed E-state index contributed by atoms with van der Waals surface area (Å²) in [5.41, 5.74) is -1.07. The monoisotopic (exact) mass is 296 g/mol. The summed E-state index contributed by atoms with van der Waals surface area (Å²) in [6.45, 7) is 0. The van der Waals surface area contributed by atoms with E-state index in [0.29, 0.717) is 0 Å². The second kappa shape index (κ2) is 6.41. The first-order valence-corrected chi connectivity index (χ1v) is 5.76. The number of benzene rings is 1. The van der Waals surface area contributed by atoms with Crippen molar-refractivity contribution in [3.8, 4) is 0 Å². The molecule has 0 amide bonds. The number of rotatable bonds is 3. The van der Waals surface area contributed by atoms with Gasteiger partial charge in [-0.15, -0.1) is 0 Å². The quantitative estimate of drug-likeness (QED) is 0.316. The molecule has 1 aromatic rings. The van der Waals surface area contributed by atoms with Crippen LogP contribution in [0.1, 0.15) is 5.56 Å². The van der Waals surface area contributed by atoms with Crippen LogP contribution in [0.2, 0.25) is 0 Å². The van der Waals surface area contributed by atoms with Crippen molar-refractivity contribution in [2.45, 2.75) is 11.1 Å². The average Bonchev–Trinajstić information content (AvgIpc) is 2.12. The first kappa shape index (κ1) is 17.2. The van der Waals surface area contributed by atoms with Crippen LogP contribution in [0.4, 0.5) is 13.2 Å². The van der Waals surface area contributed by atoms with Gasteiger partial charge >= 0.3 is 35.7 Å². The molecule has 0 saturated carbocycles. The fourth-order valence-electron chi connectivity index (χ4n) is 0.852. The van der Waals surface area contributed by atoms with Crippen LogP contribution in [0.3, 0.4) is 0 Å². The molecule has 0 atom stereocenters. The smallest absolute Gasteiger partial charge is 0.725 e. The molecule has 4 nitrogen and oxygen atoms in total. The number of halogens is 3. The Balaban J connectivity index is 0.00000256. The van der Waals surface area contributed by atoms with Gasteiger partial charge in [-0.05, 0) is 12.1 Å². The molecule has 0 aliphatic heterocycles. The number of hydrogen-bond donors (Lipinski definition) is 0. The van der Waals surface area contributed by atoms with E-state index in [1.807, 2.05) is 0 Å². The molecular weight excluding hydrogens is 292 g/mol. The molecule has 0 radical (unpaired) electrons. The summed E-state index contributed by atoms with van der Waals surface area (Å²) in [5.74, 6) is 0. The van der Waals surface area contributed by atoms with Gasteiger partial charge in [0.1, 0.15) is 0 Å². The Hall–Kier alpha value is 0.230. The maximum absolute atomic E-state index is 12.4. The Bertz CT molecular complexity index is 474. The maximum atomic E-state index is 12.4. The fraction of sp³-hybridized carbons (Fsp3) is 0.143. The van der Waals surface area contributed by atoms with Gasteiger partial charge in [-0.2, -0.15) is 13.2 Å². The Morgan fingerprint density at radius 1 is 1.24 bits per heavy atom. The Kier molecular flexibility index (Phi) is 6.50. The summed E-state index contributed by atoms with van der Waals surface area (Å²) >= 11 is -0.140. The van der Waals surface area contributed by atoms with E-state index in [-0.39, 0.29) is 41.6 Å². The molecule has 90 valence electrons. The summed E-state index contributed by atoms with van der Waals surface area (Å²) in [5, 5.41) is 0. The summed E-state index contributed by atoms with van der Waals surface area (Å²) < 4.78 is 71.1. The van der Waals surface area contributed by atoms with Gasteiger partial charge in [-0.1, -0.05) is 12.1 Å². The van der Waals surface area contributed by atoms with E-state index in [9.17, 15) is 26.1 Å². The predicted octanol–water partition coefficient (Wildman–Crippen LogP) is -0.807. The van der Waals surface area contributed by atoms with E-state index in [0.717, 1.165) is 18.2 Å². The molecule has 10 heteroatoms. The van der Waals surface area contributed by atoms with Gasteiger partial charge < -0.3 is 4.55 Å². The van der Waals surface area contributed by atoms with Crippen molar-refractivity contribution in [1.29, 1.82) is 0 Å². The zero-order valence-corrected chi connectivity index (χ0v) is 12.0. The minimum absolute atomic E-state index is 0. The molecule has 17 heavy (non-hydrogen) atoms. The fourth-order valence-corrected chi connectivity index (χ4v) is 1.89. The van der Waals surface area contributed by atoms with Crippen molar-refractivity contribution in [2.75, 3.05) is 0 Å². The largest absolute Gasteiger partial charge is 1.00 e. The minimum atomic E-state index is -5.04. The van der Waals surface area contributed by atoms with Gasteiger partial charge in [-0.25, -0.2) is 12.0 Å². The molecule has 0 unspecified atom stereocenters. The molecule has 0 spiro atoms. The van der Waals surface area contributed by atoms with E-state index >= 15 is 0 Å². The van der Waals surface area contributed by atoms with Crippen LogP contribution in [0.15, 0.2) is 29.2 Å². The third kappa shape index (κ3) is 6.09. The molecule has 1 rings (SSSR count). The molecule has 0 aromatic heterocycles. The van der Waals surface area contributed by atoms with Crippen LogP contribution in [0.25, 0.3) is 0 Å². The summed E-state index contributed by atoms with van der Waals surface area (Å²) in [4.78, 5) is -0.491. The molecule has 0 bridgehead atoms. The molecule has 0 aliphatic carbocycles. The Morgan fingerprint density at radius 2 is 1.76 bits per heavy atom. The van der Waals surface area contributed by atoms with Gasteiger partial charge in [0.15, 0.2) is 0 Å². The molecule has 0 N–H and O–H groups in total. The summed E-state index contributed by atoms with van der Waals surface area (Å²) in [6.07, 6.45) is -4.64. The molecule has 0 heterocycles. The van der Waals surface area contributed by atoms with Crippen molar-refractivity contribution in [3.05, 3.63) is 29.8 Å². The van der Waals surface area contributed by atoms with Crippen molar-refractivity contribution >= 4 is 22.4 Å². The van der Waals surface area contributed by atoms with E-state index in [4.69, 9.17) is 0 Å². The van der Waals surface area contributed by atoms with E-state index < -0.39 is 27.0 Å². The van der Waals surface area contributed by atoms with Crippen LogP contribution in [0, 0.1) is 0 Å². The molecule has 0 fully saturated rings. The third-order valence-corrected chi connectivity index (χ3v) is 2.87. The maximum Gasteiger partial charge on any atom is 1.00 e. The van der Waals surface area contributed by atoms with Gasteiger partial charge in [0, 0.05) is 16.9 Å². The Morgan fingerprint density at radius 3 is 2.24 bits per heavy atom. The molecule has 1 aromatic carbocycles. The first-order valence-electron chi connectivity index (χ1n) is 3.68. The van der Waals surface area contributed by atoms with Crippen LogP contribution in [-0.4, -0.2) is 13.0 Å². The van der Waals surface area contributed by atoms with Crippen molar-refractivity contribution in [2.24, 2.45) is 0 Å². The van der Waals surface area contributed by atoms with Crippen molar-refractivity contribution in [3.63, 3.8) is 0 Å². The first-order chi connectivity index (χ1) is 7.20. The zero-order chi connectivity index (χ0) is 12.4. The van der Waals surface area contributed by atoms with Crippen molar-refractivity contribution in [1.82, 2.24) is 0 Å². The molecule has 0 aliphatic rings. The molecule has 0 saturated heterocycles. The Labute approximate surface area is 122 Å². The zero-order valence-electron chi connectivity index (χ0n) is 8.39. The van der Waals surface area contributed by atoms with Gasteiger partial charge in [0.05, 0.1) is 5.56 Å². The van der Waals surface area contributed by atoms with Crippen LogP contribution < -0.4 is 29.6 Å². The van der Waals surface area contributed by atoms with Gasteiger partial charge in [0.2, 0.25) is 10.4 Å². The van der Waals surface area contributed by atoms with Crippen LogP contribution in [-0.2, 0) is 20.2 Å². The van der Waals surface area contributed by atoms with E-state index in [2.05, 4.69) is 3.63 Å². The van der Waals surface area contributed by atoms with Crippen LogP contribution >= 0.6 is 12.0 Å². The summed E-state index contributed by atoms with van der Waals surface area (Å²) in [6, 6.07) is 4.15. The SMILES string of the molecule is O=S(=O)([O-])OSc1ccccc1C(F)(F)F.[Na+]. The molecular formula is C7H4F3NaO4S2. The van der Waals surface area contributed by atoms with Gasteiger partial charge in [0.25, 0.3) is 0 Å². The standard InChI is InChI=1S/C7H5F3O4S2.Na/c8-7(9,10)5-3-1-2-4-6(5)15-14-16(11,12)13;/h1-4H,(H,11,12,13);/q;+1/p-1. The van der Waals surface area contributed by atoms with E-state index in [1.54, 1.807) is 0 Å². The average molecular weight is 296 g/mol. The third-order valence-electron chi connectivity index (χ3n) is 1.40. The van der Waals surface area contributed by atoms with Gasteiger partial charge in [-0.3, -0.25) is 0 Å². The second-order valence-electron chi connectivity index (χ2n) is 2.55. The minimum Gasteiger partial charge on any atom is -0.725 e. The van der Waals surface area contributed by atoms with E-state index in [1.165, 1.54) is 6.07 Å². The normalized spacial score (nSPS) is 12.0. The number of alkyl halides is 3.